The van der Waals surface area contributed by atoms with E-state index in [0.29, 0.717) is 12.2 Å². The summed E-state index contributed by atoms with van der Waals surface area (Å²) < 4.78 is 3.25. The van der Waals surface area contributed by atoms with Crippen molar-refractivity contribution in [2.24, 2.45) is 4.99 Å². The zero-order chi connectivity index (χ0) is 20.5. The molecule has 0 saturated heterocycles. The van der Waals surface area contributed by atoms with Gasteiger partial charge in [-0.25, -0.2) is 0 Å². The number of unbranched alkanes of at least 4 members (excludes halogenated alkanes) is 2. The van der Waals surface area contributed by atoms with Crippen LogP contribution in [0.25, 0.3) is 0 Å². The number of carboxylic acid groups (broad SMARTS) is 1. The Morgan fingerprint density at radius 1 is 1.30 bits per heavy atom. The van der Waals surface area contributed by atoms with Crippen LogP contribution in [-0.2, 0) is 4.79 Å². The normalized spacial score (nSPS) is 11.5. The van der Waals surface area contributed by atoms with Crippen molar-refractivity contribution in [3.63, 3.8) is 0 Å². The van der Waals surface area contributed by atoms with E-state index >= 15 is 0 Å². The smallest absolute Gasteiger partial charge is 0.115 e. The Morgan fingerprint density at radius 3 is 2.41 bits per heavy atom. The Hall–Kier alpha value is -0.891. The molecular weight excluding hydrogens is 469 g/mol. The number of hydrogen-bond acceptors (Lipinski definition) is 6. The minimum absolute atomic E-state index is 0.129. The molecule has 0 aliphatic heterocycles. The first-order valence-corrected chi connectivity index (χ1v) is 14.8. The Bertz CT molecular complexity index is 549. The minimum atomic E-state index is -1.26. The number of phenols is 1. The molecule has 0 radical (unpaired) electrons. The molecule has 150 valence electrons. The van der Waals surface area contributed by atoms with Gasteiger partial charge in [-0.15, -0.1) is 0 Å². The van der Waals surface area contributed by atoms with E-state index in [-0.39, 0.29) is 32.5 Å². The number of thioether (sulfide) groups is 1. The molecule has 1 aromatic carbocycles. The molecular formula is C20H31NO4SSn. The van der Waals surface area contributed by atoms with E-state index < -0.39 is 17.8 Å². The van der Waals surface area contributed by atoms with Crippen LogP contribution in [0.3, 0.4) is 0 Å². The molecule has 1 atom stereocenters. The van der Waals surface area contributed by atoms with Gasteiger partial charge < -0.3 is 20.1 Å². The number of aliphatic imine (C=N–C) groups is 1. The molecule has 0 spiro atoms. The summed E-state index contributed by atoms with van der Waals surface area (Å²) in [6.07, 6.45) is 9.27. The molecule has 1 N–H and O–H groups in total. The van der Waals surface area contributed by atoms with E-state index in [1.165, 1.54) is 55.8 Å². The van der Waals surface area contributed by atoms with Gasteiger partial charge in [0.25, 0.3) is 0 Å². The molecule has 0 aliphatic carbocycles. The van der Waals surface area contributed by atoms with Crippen LogP contribution in [0.15, 0.2) is 23.2 Å². The predicted molar refractivity (Wildman–Crippen MR) is 112 cm³/mol. The molecule has 5 nitrogen and oxygen atoms in total. The van der Waals surface area contributed by atoms with Crippen LogP contribution < -0.4 is 10.2 Å². The van der Waals surface area contributed by atoms with E-state index in [9.17, 15) is 15.0 Å². The van der Waals surface area contributed by atoms with Crippen molar-refractivity contribution in [3.8, 4) is 11.5 Å². The second-order valence-corrected chi connectivity index (χ2v) is 11.3. The quantitative estimate of drug-likeness (QED) is 0.271. The number of carbonyl (C=O) groups excluding carboxylic acids is 1. The number of phenolic OH excluding ortho intramolecular Hbond substituents is 1. The van der Waals surface area contributed by atoms with Crippen LogP contribution in [0.5, 0.6) is 11.5 Å². The van der Waals surface area contributed by atoms with E-state index in [1.807, 2.05) is 6.26 Å². The predicted octanol–water partition coefficient (Wildman–Crippen LogP) is 2.88. The Morgan fingerprint density at radius 2 is 1.93 bits per heavy atom. The monoisotopic (exact) mass is 501 g/mol. The van der Waals surface area contributed by atoms with Crippen molar-refractivity contribution >= 4 is 45.1 Å². The molecule has 0 heterocycles. The van der Waals surface area contributed by atoms with Crippen molar-refractivity contribution in [1.29, 1.82) is 0 Å². The van der Waals surface area contributed by atoms with Crippen LogP contribution in [0.4, 0.5) is 0 Å². The van der Waals surface area contributed by atoms with Gasteiger partial charge in [0.2, 0.25) is 0 Å². The summed E-state index contributed by atoms with van der Waals surface area (Å²) in [5.74, 6) is -1.14. The summed E-state index contributed by atoms with van der Waals surface area (Å²) in [5.41, 5.74) is 0.239. The molecule has 0 fully saturated rings. The summed E-state index contributed by atoms with van der Waals surface area (Å²) in [4.78, 5) is 14.7. The van der Waals surface area contributed by atoms with Crippen LogP contribution in [0.2, 0.25) is 8.87 Å². The van der Waals surface area contributed by atoms with Crippen LogP contribution in [0.1, 0.15) is 51.5 Å². The van der Waals surface area contributed by atoms with Gasteiger partial charge in [0.05, 0.1) is 12.0 Å². The van der Waals surface area contributed by atoms with Gasteiger partial charge in [0.15, 0.2) is 0 Å². The number of carboxylic acids is 1. The summed E-state index contributed by atoms with van der Waals surface area (Å²) in [7, 11) is 0. The van der Waals surface area contributed by atoms with Crippen LogP contribution in [-0.4, -0.2) is 56.5 Å². The third-order valence-corrected chi connectivity index (χ3v) is 8.35. The summed E-state index contributed by atoms with van der Waals surface area (Å²) in [5, 5.41) is 31.3. The molecule has 1 aromatic rings. The molecule has 0 aliphatic rings. The molecule has 0 amide bonds. The first kappa shape index (κ1) is 26.1. The SMILES string of the molecule is CCC[CH2][Sn+2][CH2]CCC.CSCC[C@H](N=Cc1ccc(O)cc1[O-])C(=O)[O-]. The number of benzene rings is 1. The van der Waals surface area contributed by atoms with Crippen LogP contribution >= 0.6 is 11.8 Å². The van der Waals surface area contributed by atoms with Gasteiger partial charge in [-0.3, -0.25) is 4.99 Å². The number of nitrogens with zero attached hydrogens (tertiary/aromatic N) is 1. The molecule has 7 heteroatoms. The van der Waals surface area contributed by atoms with E-state index in [0.717, 1.165) is 6.07 Å². The standard InChI is InChI=1S/C12H15NO4S.2C4H9.Sn/c1-18-5-4-10(12(16)17)13-7-8-2-3-9(14)6-11(8)15;2*1-3-4-2;/h2-3,6-7,10,14-15H,4-5H2,1H3,(H,16,17);2*1,3-4H2,2H3;/q;;;+2/p-2/t10-;;;/m0.../s1. The second-order valence-electron chi connectivity index (χ2n) is 6.07. The number of rotatable bonds is 12. The third kappa shape index (κ3) is 13.9. The van der Waals surface area contributed by atoms with Gasteiger partial charge in [-0.1, -0.05) is 11.8 Å². The fraction of sp³-hybridized carbons (Fsp3) is 0.600. The molecule has 1 rings (SSSR count). The summed E-state index contributed by atoms with van der Waals surface area (Å²) >= 11 is 1.66. The van der Waals surface area contributed by atoms with Crippen molar-refractivity contribution in [2.45, 2.75) is 60.9 Å². The number of aromatic hydroxyl groups is 1. The summed E-state index contributed by atoms with van der Waals surface area (Å²) in [6.45, 7) is 4.58. The number of carbonyl (C=O) groups is 1. The fourth-order valence-corrected chi connectivity index (χ4v) is 6.63. The van der Waals surface area contributed by atoms with E-state index in [1.54, 1.807) is 8.87 Å². The summed E-state index contributed by atoms with van der Waals surface area (Å²) in [6, 6.07) is 2.84. The molecule has 0 saturated carbocycles. The number of hydrogen-bond donors (Lipinski definition) is 1. The molecule has 0 aromatic heterocycles. The zero-order valence-corrected chi connectivity index (χ0v) is 20.2. The Labute approximate surface area is 177 Å². The molecule has 0 bridgehead atoms. The maximum Gasteiger partial charge on any atom is 0.115 e. The van der Waals surface area contributed by atoms with Gasteiger partial charge in [0.1, 0.15) is 5.75 Å². The van der Waals surface area contributed by atoms with E-state index in [2.05, 4.69) is 18.8 Å². The first-order chi connectivity index (χ1) is 13.0. The van der Waals surface area contributed by atoms with Gasteiger partial charge in [0, 0.05) is 6.21 Å². The average molecular weight is 500 g/mol. The average Bonchev–Trinajstić information content (AvgIpc) is 2.63. The maximum atomic E-state index is 11.4. The minimum Gasteiger partial charge on any atom is -0.872 e. The van der Waals surface area contributed by atoms with Crippen molar-refractivity contribution in [2.75, 3.05) is 12.0 Å². The van der Waals surface area contributed by atoms with E-state index in [4.69, 9.17) is 5.11 Å². The van der Waals surface area contributed by atoms with Crippen molar-refractivity contribution < 1.29 is 20.1 Å². The zero-order valence-electron chi connectivity index (χ0n) is 16.6. The van der Waals surface area contributed by atoms with Gasteiger partial charge in [-0.2, -0.15) is 11.8 Å². The topological polar surface area (TPSA) is 95.8 Å². The first-order valence-electron chi connectivity index (χ1n) is 9.39. The molecule has 0 unspecified atom stereocenters. The largest absolute Gasteiger partial charge is 0.872 e. The van der Waals surface area contributed by atoms with Crippen LogP contribution in [0, 0.1) is 0 Å². The third-order valence-electron chi connectivity index (χ3n) is 3.67. The van der Waals surface area contributed by atoms with Gasteiger partial charge >= 0.3 is 69.5 Å². The molecule has 27 heavy (non-hydrogen) atoms. The second kappa shape index (κ2) is 17.2. The number of aliphatic carboxylic acids is 1. The van der Waals surface area contributed by atoms with Crippen molar-refractivity contribution in [1.82, 2.24) is 0 Å². The fourth-order valence-electron chi connectivity index (χ4n) is 2.01. The Balaban J connectivity index is 0.000000636. The van der Waals surface area contributed by atoms with Gasteiger partial charge in [-0.05, 0) is 36.1 Å². The maximum absolute atomic E-state index is 11.4. The Kier molecular flexibility index (Phi) is 16.7. The van der Waals surface area contributed by atoms with Crippen molar-refractivity contribution in [3.05, 3.63) is 23.8 Å².